The highest BCUT2D eigenvalue weighted by molar-refractivity contribution is 7.11. The van der Waals surface area contributed by atoms with Gasteiger partial charge in [0.2, 0.25) is 0 Å². The van der Waals surface area contributed by atoms with Gasteiger partial charge in [-0.15, -0.1) is 0 Å². The Labute approximate surface area is 113 Å². The van der Waals surface area contributed by atoms with Crippen molar-refractivity contribution in [2.24, 2.45) is 0 Å². The Morgan fingerprint density at radius 2 is 2.00 bits per heavy atom. The second-order valence-corrected chi connectivity index (χ2v) is 6.36. The van der Waals surface area contributed by atoms with Crippen LogP contribution in [0.1, 0.15) is 20.8 Å². The number of rotatable bonds is 4. The first-order chi connectivity index (χ1) is 8.47. The predicted octanol–water partition coefficient (Wildman–Crippen LogP) is 3.12. The number of nitrogens with one attached hydrogen (secondary N) is 1. The van der Waals surface area contributed by atoms with Gasteiger partial charge in [-0.05, 0) is 44.4 Å². The summed E-state index contributed by atoms with van der Waals surface area (Å²) in [6, 6.07) is 8.31. The average Bonchev–Trinajstić information content (AvgIpc) is 2.70. The second kappa shape index (κ2) is 5.24. The Balaban J connectivity index is 2.03. The molecule has 3 nitrogen and oxygen atoms in total. The van der Waals surface area contributed by atoms with Crippen molar-refractivity contribution in [2.45, 2.75) is 26.3 Å². The van der Waals surface area contributed by atoms with Crippen LogP contribution in [0.25, 0.3) is 10.9 Å². The third kappa shape index (κ3) is 3.21. The van der Waals surface area contributed by atoms with Crippen LogP contribution in [0.5, 0.6) is 0 Å². The van der Waals surface area contributed by atoms with Gasteiger partial charge in [0, 0.05) is 31.1 Å². The van der Waals surface area contributed by atoms with E-state index in [1.165, 1.54) is 10.4 Å². The van der Waals surface area contributed by atoms with E-state index in [1.54, 1.807) is 11.5 Å². The van der Waals surface area contributed by atoms with E-state index in [4.69, 9.17) is 0 Å². The summed E-state index contributed by atoms with van der Waals surface area (Å²) in [5.41, 5.74) is 1.27. The minimum Gasteiger partial charge on any atom is -0.363 e. The molecule has 0 saturated heterocycles. The van der Waals surface area contributed by atoms with Crippen molar-refractivity contribution in [1.82, 2.24) is 9.69 Å². The largest absolute Gasteiger partial charge is 0.363 e. The first kappa shape index (κ1) is 13.3. The molecule has 0 atom stereocenters. The molecule has 18 heavy (non-hydrogen) atoms. The lowest BCUT2D eigenvalue weighted by Crippen LogP contribution is -2.40. The minimum absolute atomic E-state index is 0.177. The fraction of sp³-hybridized carbons (Fsp3) is 0.500. The van der Waals surface area contributed by atoms with Gasteiger partial charge in [-0.25, -0.2) is 0 Å². The molecule has 4 heteroatoms. The number of benzene rings is 1. The molecule has 0 spiro atoms. The number of likely N-dealkylation sites (N-methyl/N-ethyl adjacent to an activating group) is 1. The van der Waals surface area contributed by atoms with Gasteiger partial charge in [-0.3, -0.25) is 0 Å². The monoisotopic (exact) mass is 263 g/mol. The van der Waals surface area contributed by atoms with Crippen LogP contribution >= 0.6 is 11.5 Å². The first-order valence-electron chi connectivity index (χ1n) is 6.28. The second-order valence-electron chi connectivity index (χ2n) is 5.60. The molecular formula is C14H21N3S. The van der Waals surface area contributed by atoms with E-state index in [9.17, 15) is 0 Å². The maximum atomic E-state index is 4.48. The molecule has 0 radical (unpaired) electrons. The van der Waals surface area contributed by atoms with Crippen molar-refractivity contribution >= 4 is 27.4 Å². The highest BCUT2D eigenvalue weighted by atomic mass is 32.1. The lowest BCUT2D eigenvalue weighted by Gasteiger charge is -2.23. The molecule has 0 amide bonds. The molecule has 0 bridgehead atoms. The summed E-state index contributed by atoms with van der Waals surface area (Å²) in [5, 5.41) is 6.01. The van der Waals surface area contributed by atoms with E-state index in [2.05, 4.69) is 60.6 Å². The molecule has 98 valence electrons. The lowest BCUT2D eigenvalue weighted by atomic mass is 10.1. The van der Waals surface area contributed by atoms with Gasteiger partial charge in [-0.2, -0.15) is 4.37 Å². The molecule has 0 aliphatic heterocycles. The number of hydrogen-bond acceptors (Lipinski definition) is 4. The summed E-state index contributed by atoms with van der Waals surface area (Å²) in [6.45, 7) is 8.54. The third-order valence-corrected chi connectivity index (χ3v) is 3.81. The molecule has 0 aliphatic carbocycles. The van der Waals surface area contributed by atoms with Crippen molar-refractivity contribution in [1.29, 1.82) is 0 Å². The van der Waals surface area contributed by atoms with Gasteiger partial charge in [0.15, 0.2) is 0 Å². The molecule has 2 aromatic rings. The average molecular weight is 263 g/mol. The van der Waals surface area contributed by atoms with Crippen molar-refractivity contribution in [3.63, 3.8) is 0 Å². The molecule has 0 fully saturated rings. The van der Waals surface area contributed by atoms with Gasteiger partial charge in [-0.1, -0.05) is 12.1 Å². The van der Waals surface area contributed by atoms with E-state index in [-0.39, 0.29) is 5.54 Å². The maximum Gasteiger partial charge on any atom is 0.119 e. The number of nitrogens with zero attached hydrogens (tertiary/aromatic N) is 2. The molecule has 2 rings (SSSR count). The molecule has 1 N–H and O–H groups in total. The van der Waals surface area contributed by atoms with Gasteiger partial charge in [0.1, 0.15) is 5.00 Å². The molecule has 0 unspecified atom stereocenters. The first-order valence-corrected chi connectivity index (χ1v) is 7.05. The van der Waals surface area contributed by atoms with Gasteiger partial charge < -0.3 is 10.2 Å². The number of hydrogen-bond donors (Lipinski definition) is 1. The molecule has 1 aromatic carbocycles. The molecular weight excluding hydrogens is 242 g/mol. The summed E-state index contributed by atoms with van der Waals surface area (Å²) in [7, 11) is 2.13. The summed E-state index contributed by atoms with van der Waals surface area (Å²) in [5.74, 6) is 0. The highest BCUT2D eigenvalue weighted by Gasteiger charge is 2.12. The quantitative estimate of drug-likeness (QED) is 0.918. The summed E-state index contributed by atoms with van der Waals surface area (Å²) in [4.78, 5) is 2.28. The van der Waals surface area contributed by atoms with Crippen LogP contribution in [0, 0.1) is 0 Å². The lowest BCUT2D eigenvalue weighted by molar-refractivity contribution is 0.431. The van der Waals surface area contributed by atoms with E-state index >= 15 is 0 Å². The topological polar surface area (TPSA) is 28.2 Å². The Hall–Kier alpha value is -1.13. The van der Waals surface area contributed by atoms with Gasteiger partial charge in [0.25, 0.3) is 0 Å². The smallest absolute Gasteiger partial charge is 0.119 e. The Morgan fingerprint density at radius 3 is 2.72 bits per heavy atom. The van der Waals surface area contributed by atoms with Crippen LogP contribution in [0.3, 0.4) is 0 Å². The Kier molecular flexibility index (Phi) is 3.88. The van der Waals surface area contributed by atoms with Crippen LogP contribution in [-0.4, -0.2) is 30.0 Å². The van der Waals surface area contributed by atoms with E-state index in [0.717, 1.165) is 18.6 Å². The summed E-state index contributed by atoms with van der Waals surface area (Å²) >= 11 is 1.58. The maximum absolute atomic E-state index is 4.48. The zero-order valence-electron chi connectivity index (χ0n) is 11.5. The van der Waals surface area contributed by atoms with Crippen LogP contribution < -0.4 is 10.2 Å². The highest BCUT2D eigenvalue weighted by Crippen LogP contribution is 2.29. The number of fused-ring (bicyclic) bond motifs is 1. The van der Waals surface area contributed by atoms with Crippen LogP contribution in [0.4, 0.5) is 5.00 Å². The number of anilines is 1. The van der Waals surface area contributed by atoms with Gasteiger partial charge in [0.05, 0.1) is 5.52 Å². The summed E-state index contributed by atoms with van der Waals surface area (Å²) in [6.07, 6.45) is 0. The van der Waals surface area contributed by atoms with E-state index < -0.39 is 0 Å². The normalized spacial score (nSPS) is 12.0. The van der Waals surface area contributed by atoms with Gasteiger partial charge >= 0.3 is 0 Å². The van der Waals surface area contributed by atoms with Crippen LogP contribution in [0.2, 0.25) is 0 Å². The minimum atomic E-state index is 0.177. The molecule has 0 aliphatic rings. The van der Waals surface area contributed by atoms with Crippen molar-refractivity contribution < 1.29 is 0 Å². The molecule has 1 heterocycles. The third-order valence-electron chi connectivity index (χ3n) is 2.81. The van der Waals surface area contributed by atoms with E-state index in [1.807, 2.05) is 6.07 Å². The van der Waals surface area contributed by atoms with E-state index in [0.29, 0.717) is 0 Å². The van der Waals surface area contributed by atoms with Crippen LogP contribution in [-0.2, 0) is 0 Å². The number of aromatic nitrogens is 1. The SMILES string of the molecule is CN(CCNC(C)(C)C)c1snc2ccccc12. The van der Waals surface area contributed by atoms with Crippen molar-refractivity contribution in [3.8, 4) is 0 Å². The van der Waals surface area contributed by atoms with Crippen LogP contribution in [0.15, 0.2) is 24.3 Å². The standard InChI is InChI=1S/C14H21N3S/c1-14(2,3)15-9-10-17(4)13-11-7-5-6-8-12(11)16-18-13/h5-8,15H,9-10H2,1-4H3. The summed E-state index contributed by atoms with van der Waals surface area (Å²) < 4.78 is 4.48. The zero-order valence-corrected chi connectivity index (χ0v) is 12.3. The fourth-order valence-electron chi connectivity index (χ4n) is 1.85. The van der Waals surface area contributed by atoms with Crippen molar-refractivity contribution in [2.75, 3.05) is 25.0 Å². The fourth-order valence-corrected chi connectivity index (χ4v) is 2.70. The zero-order chi connectivity index (χ0) is 13.2. The Morgan fingerprint density at radius 1 is 1.28 bits per heavy atom. The predicted molar refractivity (Wildman–Crippen MR) is 80.6 cm³/mol. The Bertz CT molecular complexity index is 513. The van der Waals surface area contributed by atoms with Crippen molar-refractivity contribution in [3.05, 3.63) is 24.3 Å². The molecule has 0 saturated carbocycles. The molecule has 1 aromatic heterocycles.